The molecule has 0 heterocycles. The molecule has 212 valence electrons. The number of carbonyl (C=O) groups is 2. The van der Waals surface area contributed by atoms with Crippen LogP contribution in [0.15, 0.2) is 12.2 Å². The zero-order chi connectivity index (χ0) is 26.7. The van der Waals surface area contributed by atoms with Crippen LogP contribution in [0.25, 0.3) is 0 Å². The predicted molar refractivity (Wildman–Crippen MR) is 150 cm³/mol. The van der Waals surface area contributed by atoms with Gasteiger partial charge < -0.3 is 14.9 Å². The van der Waals surface area contributed by atoms with Crippen molar-refractivity contribution in [3.8, 4) is 0 Å². The fourth-order valence-corrected chi connectivity index (χ4v) is 4.39. The van der Waals surface area contributed by atoms with Crippen LogP contribution in [0.4, 0.5) is 0 Å². The Morgan fingerprint density at radius 3 is 1.53 bits per heavy atom. The highest BCUT2D eigenvalue weighted by Crippen LogP contribution is 2.19. The van der Waals surface area contributed by atoms with Crippen LogP contribution in [0.2, 0.25) is 0 Å². The van der Waals surface area contributed by atoms with Gasteiger partial charge in [0.1, 0.15) is 0 Å². The first-order chi connectivity index (χ1) is 17.5. The minimum absolute atomic E-state index is 0.123. The van der Waals surface area contributed by atoms with E-state index in [-0.39, 0.29) is 12.8 Å². The van der Waals surface area contributed by atoms with Crippen LogP contribution in [0.5, 0.6) is 0 Å². The Balaban J connectivity index is 3.75. The summed E-state index contributed by atoms with van der Waals surface area (Å²) in [6.45, 7) is 3.72. The summed E-state index contributed by atoms with van der Waals surface area (Å²) in [6.07, 6.45) is 28.9. The number of hydrogen-bond acceptors (Lipinski definition) is 5. The Morgan fingerprint density at radius 1 is 0.639 bits per heavy atom. The fraction of sp³-hybridized carbons (Fsp3) is 0.871. The molecule has 0 aliphatic rings. The van der Waals surface area contributed by atoms with Gasteiger partial charge in [-0.3, -0.25) is 4.79 Å². The minimum atomic E-state index is -1.97. The quantitative estimate of drug-likeness (QED) is 0.0528. The highest BCUT2D eigenvalue weighted by molar-refractivity contribution is 5.90. The summed E-state index contributed by atoms with van der Waals surface area (Å²) >= 11 is 0. The molecule has 0 aromatic rings. The van der Waals surface area contributed by atoms with Crippen molar-refractivity contribution in [2.24, 2.45) is 0 Å². The van der Waals surface area contributed by atoms with Gasteiger partial charge in [0, 0.05) is 6.42 Å². The summed E-state index contributed by atoms with van der Waals surface area (Å²) in [5.74, 6) is -1.62. The number of ether oxygens (including phenoxy) is 1. The normalized spacial score (nSPS) is 13.2. The maximum Gasteiger partial charge on any atom is 0.348 e. The first-order valence-corrected chi connectivity index (χ1v) is 15.2. The predicted octanol–water partition coefficient (Wildman–Crippen LogP) is 8.35. The molecule has 0 fully saturated rings. The number of allylic oxidation sites excluding steroid dienone is 2. The highest BCUT2D eigenvalue weighted by Gasteiger charge is 2.37. The number of aliphatic hydroxyl groups excluding tert-OH is 1. The van der Waals surface area contributed by atoms with Crippen LogP contribution in [0.1, 0.15) is 162 Å². The van der Waals surface area contributed by atoms with Crippen molar-refractivity contribution < 1.29 is 24.5 Å². The van der Waals surface area contributed by atoms with Gasteiger partial charge in [-0.05, 0) is 44.9 Å². The molecule has 0 radical (unpaired) electrons. The van der Waals surface area contributed by atoms with Crippen molar-refractivity contribution in [3.05, 3.63) is 12.2 Å². The van der Waals surface area contributed by atoms with Gasteiger partial charge in [0.2, 0.25) is 0 Å². The second-order valence-electron chi connectivity index (χ2n) is 10.5. The molecular formula is C31H58O5. The summed E-state index contributed by atoms with van der Waals surface area (Å²) in [6, 6.07) is 0. The van der Waals surface area contributed by atoms with Gasteiger partial charge in [0.25, 0.3) is 0 Å². The largest absolute Gasteiger partial charge is 0.393 e. The zero-order valence-electron chi connectivity index (χ0n) is 23.7. The lowest BCUT2D eigenvalue weighted by molar-refractivity contribution is -0.178. The third-order valence-corrected chi connectivity index (χ3v) is 6.93. The van der Waals surface area contributed by atoms with Crippen LogP contribution >= 0.6 is 0 Å². The van der Waals surface area contributed by atoms with Crippen molar-refractivity contribution in [2.45, 2.75) is 167 Å². The van der Waals surface area contributed by atoms with Crippen LogP contribution < -0.4 is 0 Å². The van der Waals surface area contributed by atoms with Crippen LogP contribution in [0.3, 0.4) is 0 Å². The van der Waals surface area contributed by atoms with E-state index < -0.39 is 24.1 Å². The lowest BCUT2D eigenvalue weighted by Crippen LogP contribution is -2.44. The van der Waals surface area contributed by atoms with Crippen LogP contribution in [0, 0.1) is 0 Å². The minimum Gasteiger partial charge on any atom is -0.393 e. The molecule has 0 aliphatic heterocycles. The summed E-state index contributed by atoms with van der Waals surface area (Å²) in [7, 11) is 0. The van der Waals surface area contributed by atoms with Crippen molar-refractivity contribution in [1.82, 2.24) is 0 Å². The van der Waals surface area contributed by atoms with Gasteiger partial charge in [-0.1, -0.05) is 122 Å². The Kier molecular flexibility index (Phi) is 24.6. The van der Waals surface area contributed by atoms with E-state index in [1.54, 1.807) is 0 Å². The van der Waals surface area contributed by atoms with E-state index in [9.17, 15) is 19.8 Å². The number of aliphatic hydroxyl groups is 2. The first-order valence-electron chi connectivity index (χ1n) is 15.2. The monoisotopic (exact) mass is 510 g/mol. The van der Waals surface area contributed by atoms with Gasteiger partial charge in [0.05, 0.1) is 6.61 Å². The molecule has 1 unspecified atom stereocenters. The second kappa shape index (κ2) is 25.4. The summed E-state index contributed by atoms with van der Waals surface area (Å²) in [5.41, 5.74) is -1.97. The van der Waals surface area contributed by atoms with Gasteiger partial charge >= 0.3 is 11.9 Å². The lowest BCUT2D eigenvalue weighted by Gasteiger charge is -2.23. The SMILES string of the molecule is CCCCCCCC/C=C\CCCCCCCC(=O)OC(=O)C(O)(CO)CCCCCCCCCC. The van der Waals surface area contributed by atoms with E-state index in [0.29, 0.717) is 12.8 Å². The van der Waals surface area contributed by atoms with Crippen LogP contribution in [-0.2, 0) is 14.3 Å². The standard InChI is InChI=1S/C31H58O5/c1-3-5-7-9-11-13-14-15-16-17-18-19-20-22-24-26-29(33)36-30(34)31(35,28-32)27-25-23-21-12-10-8-6-4-2/h15-16,32,35H,3-14,17-28H2,1-2H3/b16-15-. The molecule has 0 aromatic carbocycles. The average molecular weight is 511 g/mol. The molecule has 0 saturated carbocycles. The molecular weight excluding hydrogens is 452 g/mol. The van der Waals surface area contributed by atoms with Crippen molar-refractivity contribution in [2.75, 3.05) is 6.61 Å². The topological polar surface area (TPSA) is 83.8 Å². The number of hydrogen-bond donors (Lipinski definition) is 2. The average Bonchev–Trinajstić information content (AvgIpc) is 2.87. The Hall–Kier alpha value is -1.20. The van der Waals surface area contributed by atoms with Gasteiger partial charge in [-0.15, -0.1) is 0 Å². The molecule has 2 N–H and O–H groups in total. The molecule has 0 rings (SSSR count). The van der Waals surface area contributed by atoms with E-state index in [1.807, 2.05) is 0 Å². The number of unbranched alkanes of at least 4 members (excludes halogenated alkanes) is 18. The fourth-order valence-electron chi connectivity index (χ4n) is 4.39. The molecule has 0 bridgehead atoms. The van der Waals surface area contributed by atoms with E-state index >= 15 is 0 Å². The summed E-state index contributed by atoms with van der Waals surface area (Å²) in [4.78, 5) is 24.3. The van der Waals surface area contributed by atoms with E-state index in [4.69, 9.17) is 4.74 Å². The third-order valence-electron chi connectivity index (χ3n) is 6.93. The zero-order valence-corrected chi connectivity index (χ0v) is 23.7. The second-order valence-corrected chi connectivity index (χ2v) is 10.5. The summed E-state index contributed by atoms with van der Waals surface area (Å²) in [5, 5.41) is 20.0. The van der Waals surface area contributed by atoms with Crippen LogP contribution in [-0.4, -0.2) is 34.4 Å². The number of esters is 2. The molecule has 5 nitrogen and oxygen atoms in total. The molecule has 0 aliphatic carbocycles. The molecule has 0 saturated heterocycles. The summed E-state index contributed by atoms with van der Waals surface area (Å²) < 4.78 is 4.85. The first kappa shape index (κ1) is 34.8. The third kappa shape index (κ3) is 20.9. The molecule has 1 atom stereocenters. The Bertz CT molecular complexity index is 545. The number of rotatable bonds is 26. The van der Waals surface area contributed by atoms with Gasteiger partial charge in [0.15, 0.2) is 5.60 Å². The molecule has 0 aromatic heterocycles. The van der Waals surface area contributed by atoms with Crippen molar-refractivity contribution in [1.29, 1.82) is 0 Å². The maximum atomic E-state index is 12.2. The Labute approximate surface area is 222 Å². The molecule has 0 spiro atoms. The van der Waals surface area contributed by atoms with Gasteiger partial charge in [-0.2, -0.15) is 0 Å². The maximum absolute atomic E-state index is 12.2. The van der Waals surface area contributed by atoms with E-state index in [0.717, 1.165) is 51.4 Å². The van der Waals surface area contributed by atoms with Gasteiger partial charge in [-0.25, -0.2) is 4.79 Å². The van der Waals surface area contributed by atoms with Crippen molar-refractivity contribution >= 4 is 11.9 Å². The van der Waals surface area contributed by atoms with E-state index in [2.05, 4.69) is 26.0 Å². The lowest BCUT2D eigenvalue weighted by atomic mass is 9.96. The number of carbonyl (C=O) groups excluding carboxylic acids is 2. The van der Waals surface area contributed by atoms with E-state index in [1.165, 1.54) is 70.6 Å². The molecule has 36 heavy (non-hydrogen) atoms. The highest BCUT2D eigenvalue weighted by atomic mass is 16.6. The van der Waals surface area contributed by atoms with Crippen molar-refractivity contribution in [3.63, 3.8) is 0 Å². The smallest absolute Gasteiger partial charge is 0.348 e. The molecule has 0 amide bonds. The molecule has 5 heteroatoms. The Morgan fingerprint density at radius 2 is 1.06 bits per heavy atom.